The first-order chi connectivity index (χ1) is 16.6. The van der Waals surface area contributed by atoms with Crippen LogP contribution in [0.2, 0.25) is 0 Å². The summed E-state index contributed by atoms with van der Waals surface area (Å²) in [4.78, 5) is 16.4. The Morgan fingerprint density at radius 1 is 0.882 bits per heavy atom. The summed E-state index contributed by atoms with van der Waals surface area (Å²) in [5, 5.41) is 7.91. The second-order valence-electron chi connectivity index (χ2n) is 7.79. The van der Waals surface area contributed by atoms with E-state index in [2.05, 4.69) is 46.7 Å². The molecule has 0 aliphatic heterocycles. The maximum absolute atomic E-state index is 12.1. The second-order valence-corrected chi connectivity index (χ2v) is 7.79. The molecule has 0 atom stereocenters. The number of benzene rings is 3. The summed E-state index contributed by atoms with van der Waals surface area (Å²) in [5.41, 5.74) is 8.87. The number of aromatic nitrogens is 3. The number of ether oxygens (including phenoxy) is 1. The summed E-state index contributed by atoms with van der Waals surface area (Å²) in [7, 11) is 1.50. The minimum atomic E-state index is -0.889. The molecule has 5 aromatic rings. The van der Waals surface area contributed by atoms with Crippen LogP contribution in [0.5, 0.6) is 5.88 Å². The van der Waals surface area contributed by atoms with Crippen LogP contribution in [0.25, 0.3) is 10.9 Å². The highest BCUT2D eigenvalue weighted by Crippen LogP contribution is 2.43. The summed E-state index contributed by atoms with van der Waals surface area (Å²) >= 11 is 0. The van der Waals surface area contributed by atoms with Crippen LogP contribution < -0.4 is 15.8 Å². The van der Waals surface area contributed by atoms with E-state index >= 15 is 0 Å². The van der Waals surface area contributed by atoms with Gasteiger partial charge in [-0.15, -0.1) is 5.10 Å². The average Bonchev–Trinajstić information content (AvgIpc) is 3.23. The zero-order chi connectivity index (χ0) is 23.5. The fourth-order valence-electron chi connectivity index (χ4n) is 4.37. The van der Waals surface area contributed by atoms with Crippen LogP contribution in [0.15, 0.2) is 103 Å². The molecule has 0 saturated carbocycles. The van der Waals surface area contributed by atoms with E-state index in [1.807, 2.05) is 59.3 Å². The van der Waals surface area contributed by atoms with E-state index < -0.39 is 11.6 Å². The van der Waals surface area contributed by atoms with Gasteiger partial charge in [-0.1, -0.05) is 91.0 Å². The standard InChI is InChI=1S/C27H23N5O2/c1-29-26(33)34-25-22-18-30-24(28)17-23(22)32(31-25)27(19-11-5-2-6-12-19,20-13-7-3-8-14-20)21-15-9-4-10-16-21/h2-18H,1H3,(H2,28,30)(H,29,33). The Labute approximate surface area is 196 Å². The SMILES string of the molecule is CNC(=O)Oc1nn(C(c2ccccc2)(c2ccccc2)c2ccccc2)c2cc(N)ncc12. The van der Waals surface area contributed by atoms with Crippen LogP contribution in [0.4, 0.5) is 10.6 Å². The topological polar surface area (TPSA) is 95.1 Å². The van der Waals surface area contributed by atoms with Crippen LogP contribution in [-0.4, -0.2) is 27.9 Å². The van der Waals surface area contributed by atoms with Gasteiger partial charge in [0.05, 0.1) is 10.9 Å². The monoisotopic (exact) mass is 449 g/mol. The lowest BCUT2D eigenvalue weighted by Crippen LogP contribution is -2.38. The largest absolute Gasteiger partial charge is 0.413 e. The van der Waals surface area contributed by atoms with Crippen molar-refractivity contribution in [2.75, 3.05) is 12.8 Å². The van der Waals surface area contributed by atoms with Crippen molar-refractivity contribution in [2.45, 2.75) is 5.54 Å². The van der Waals surface area contributed by atoms with E-state index in [0.29, 0.717) is 16.7 Å². The number of hydrogen-bond acceptors (Lipinski definition) is 5. The number of carbonyl (C=O) groups is 1. The zero-order valence-corrected chi connectivity index (χ0v) is 18.6. The minimum absolute atomic E-state index is 0.147. The highest BCUT2D eigenvalue weighted by Gasteiger charge is 2.41. The van der Waals surface area contributed by atoms with E-state index in [1.54, 1.807) is 12.3 Å². The van der Waals surface area contributed by atoms with Crippen LogP contribution >= 0.6 is 0 Å². The lowest BCUT2D eigenvalue weighted by molar-refractivity contribution is 0.200. The fraction of sp³-hybridized carbons (Fsp3) is 0.0741. The number of rotatable bonds is 5. The van der Waals surface area contributed by atoms with Crippen molar-refractivity contribution in [3.05, 3.63) is 120 Å². The first-order valence-corrected chi connectivity index (χ1v) is 10.9. The van der Waals surface area contributed by atoms with Gasteiger partial charge in [0.15, 0.2) is 0 Å². The first-order valence-electron chi connectivity index (χ1n) is 10.9. The molecule has 0 radical (unpaired) electrons. The number of nitrogens with one attached hydrogen (secondary N) is 1. The molecule has 1 amide bonds. The molecule has 0 aliphatic rings. The maximum Gasteiger partial charge on any atom is 0.413 e. The highest BCUT2D eigenvalue weighted by atomic mass is 16.6. The zero-order valence-electron chi connectivity index (χ0n) is 18.6. The summed E-state index contributed by atoms with van der Waals surface area (Å²) in [6, 6.07) is 32.1. The number of anilines is 1. The molecular weight excluding hydrogens is 426 g/mol. The molecule has 0 unspecified atom stereocenters. The average molecular weight is 450 g/mol. The predicted octanol–water partition coefficient (Wildman–Crippen LogP) is 4.57. The van der Waals surface area contributed by atoms with Crippen molar-refractivity contribution in [2.24, 2.45) is 0 Å². The Morgan fingerprint density at radius 2 is 1.38 bits per heavy atom. The molecule has 0 saturated heterocycles. The number of nitrogens with two attached hydrogens (primary N) is 1. The maximum atomic E-state index is 12.1. The molecule has 0 fully saturated rings. The van der Waals surface area contributed by atoms with Crippen molar-refractivity contribution in [3.8, 4) is 5.88 Å². The van der Waals surface area contributed by atoms with Gasteiger partial charge in [0.1, 0.15) is 11.4 Å². The molecule has 5 rings (SSSR count). The Morgan fingerprint density at radius 3 is 1.85 bits per heavy atom. The summed E-state index contributed by atoms with van der Waals surface area (Å²) in [6.45, 7) is 0. The van der Waals surface area contributed by atoms with E-state index in [9.17, 15) is 4.79 Å². The molecule has 2 heterocycles. The second kappa shape index (κ2) is 8.71. The molecule has 2 aromatic heterocycles. The van der Waals surface area contributed by atoms with Gasteiger partial charge in [0.25, 0.3) is 5.88 Å². The van der Waals surface area contributed by atoms with Gasteiger partial charge in [-0.25, -0.2) is 14.5 Å². The van der Waals surface area contributed by atoms with Crippen molar-refractivity contribution in [1.29, 1.82) is 0 Å². The number of nitrogens with zero attached hydrogens (tertiary/aromatic N) is 3. The number of amides is 1. The number of carbonyl (C=O) groups excluding carboxylic acids is 1. The van der Waals surface area contributed by atoms with E-state index in [4.69, 9.17) is 15.6 Å². The molecule has 7 nitrogen and oxygen atoms in total. The number of hydrogen-bond donors (Lipinski definition) is 2. The third kappa shape index (κ3) is 3.44. The first kappa shape index (κ1) is 21.2. The Kier molecular flexibility index (Phi) is 5.43. The number of nitrogen functional groups attached to an aromatic ring is 1. The Hall–Kier alpha value is -4.65. The van der Waals surface area contributed by atoms with E-state index in [0.717, 1.165) is 16.7 Å². The van der Waals surface area contributed by atoms with Gasteiger partial charge in [0, 0.05) is 19.3 Å². The molecule has 34 heavy (non-hydrogen) atoms. The summed E-state index contributed by atoms with van der Waals surface area (Å²) in [5.74, 6) is 0.484. The van der Waals surface area contributed by atoms with Crippen molar-refractivity contribution < 1.29 is 9.53 Å². The van der Waals surface area contributed by atoms with Gasteiger partial charge < -0.3 is 15.8 Å². The third-order valence-electron chi connectivity index (χ3n) is 5.84. The summed E-state index contributed by atoms with van der Waals surface area (Å²) in [6.07, 6.45) is 0.964. The molecular formula is C27H23N5O2. The van der Waals surface area contributed by atoms with E-state index in [-0.39, 0.29) is 5.88 Å². The van der Waals surface area contributed by atoms with Crippen molar-refractivity contribution >= 4 is 22.8 Å². The third-order valence-corrected chi connectivity index (χ3v) is 5.84. The molecule has 0 spiro atoms. The lowest BCUT2D eigenvalue weighted by atomic mass is 9.77. The number of pyridine rings is 1. The number of fused-ring (bicyclic) bond motifs is 1. The minimum Gasteiger partial charge on any atom is -0.389 e. The Bertz CT molecular complexity index is 1340. The Balaban J connectivity index is 1.95. The van der Waals surface area contributed by atoms with Gasteiger partial charge >= 0.3 is 6.09 Å². The van der Waals surface area contributed by atoms with Crippen LogP contribution in [0, 0.1) is 0 Å². The van der Waals surface area contributed by atoms with Crippen LogP contribution in [-0.2, 0) is 5.54 Å². The van der Waals surface area contributed by atoms with Gasteiger partial charge in [-0.05, 0) is 16.7 Å². The van der Waals surface area contributed by atoms with Crippen LogP contribution in [0.3, 0.4) is 0 Å². The van der Waals surface area contributed by atoms with Crippen molar-refractivity contribution in [1.82, 2.24) is 20.1 Å². The predicted molar refractivity (Wildman–Crippen MR) is 132 cm³/mol. The van der Waals surface area contributed by atoms with Crippen molar-refractivity contribution in [3.63, 3.8) is 0 Å². The fourth-order valence-corrected chi connectivity index (χ4v) is 4.37. The van der Waals surface area contributed by atoms with Crippen LogP contribution in [0.1, 0.15) is 16.7 Å². The smallest absolute Gasteiger partial charge is 0.389 e. The molecule has 168 valence electrons. The normalized spacial score (nSPS) is 11.3. The highest BCUT2D eigenvalue weighted by molar-refractivity contribution is 5.88. The van der Waals surface area contributed by atoms with E-state index in [1.165, 1.54) is 7.05 Å². The quantitative estimate of drug-likeness (QED) is 0.383. The van der Waals surface area contributed by atoms with Gasteiger partial charge in [-0.2, -0.15) is 0 Å². The van der Waals surface area contributed by atoms with Gasteiger partial charge in [0.2, 0.25) is 0 Å². The lowest BCUT2D eigenvalue weighted by Gasteiger charge is -2.36. The molecule has 7 heteroatoms. The molecule has 0 bridgehead atoms. The van der Waals surface area contributed by atoms with Gasteiger partial charge in [-0.3, -0.25) is 0 Å². The molecule has 3 aromatic carbocycles. The molecule has 3 N–H and O–H groups in total. The molecule has 0 aliphatic carbocycles. The summed E-state index contributed by atoms with van der Waals surface area (Å²) < 4.78 is 7.41.